The second-order valence-electron chi connectivity index (χ2n) is 15.7. The predicted octanol–water partition coefficient (Wildman–Crippen LogP) is 13.0. The Morgan fingerprint density at radius 1 is 0.519 bits per heavy atom. The van der Waals surface area contributed by atoms with Gasteiger partial charge in [0.1, 0.15) is 0 Å². The Morgan fingerprint density at radius 2 is 0.904 bits per heavy atom. The molecule has 0 radical (unpaired) electrons. The molecule has 0 bridgehead atoms. The van der Waals surface area contributed by atoms with E-state index in [1.54, 1.807) is 0 Å². The maximum absolute atomic E-state index is 12.4. The maximum atomic E-state index is 12.4. The maximum Gasteiger partial charge on any atom is 0.305 e. The molecule has 0 aliphatic heterocycles. The second kappa shape index (κ2) is 42.3. The van der Waals surface area contributed by atoms with Crippen molar-refractivity contribution in [2.45, 2.75) is 257 Å². The van der Waals surface area contributed by atoms with Crippen LogP contribution >= 0.6 is 0 Å². The number of esters is 1. The van der Waals surface area contributed by atoms with E-state index in [0.29, 0.717) is 25.9 Å². The molecule has 6 heteroatoms. The van der Waals surface area contributed by atoms with E-state index >= 15 is 0 Å². The van der Waals surface area contributed by atoms with E-state index in [9.17, 15) is 19.8 Å². The van der Waals surface area contributed by atoms with Gasteiger partial charge in [-0.3, -0.25) is 9.59 Å². The molecule has 0 fully saturated rings. The van der Waals surface area contributed by atoms with Crippen molar-refractivity contribution in [3.63, 3.8) is 0 Å². The fraction of sp³-hybridized carbons (Fsp3) is 0.913. The first-order valence-electron chi connectivity index (χ1n) is 22.9. The minimum Gasteiger partial charge on any atom is -0.466 e. The number of hydrogen-bond donors (Lipinski definition) is 3. The lowest BCUT2D eigenvalue weighted by molar-refractivity contribution is -0.143. The Bertz CT molecular complexity index is 772. The molecule has 0 aromatic heterocycles. The average molecular weight is 736 g/mol. The number of amides is 1. The van der Waals surface area contributed by atoms with E-state index in [4.69, 9.17) is 4.74 Å². The lowest BCUT2D eigenvalue weighted by Gasteiger charge is -2.22. The van der Waals surface area contributed by atoms with Crippen molar-refractivity contribution in [1.82, 2.24) is 5.32 Å². The third-order valence-electron chi connectivity index (χ3n) is 10.6. The number of carbonyl (C=O) groups is 2. The fourth-order valence-corrected chi connectivity index (χ4v) is 6.98. The molecule has 0 rings (SSSR count). The van der Waals surface area contributed by atoms with Crippen LogP contribution in [0.1, 0.15) is 245 Å². The summed E-state index contributed by atoms with van der Waals surface area (Å²) in [5.41, 5.74) is 0. The number of hydrogen-bond acceptors (Lipinski definition) is 5. The highest BCUT2D eigenvalue weighted by Gasteiger charge is 2.20. The summed E-state index contributed by atoms with van der Waals surface area (Å²) >= 11 is 0. The zero-order chi connectivity index (χ0) is 38.0. The molecule has 52 heavy (non-hydrogen) atoms. The summed E-state index contributed by atoms with van der Waals surface area (Å²) in [5.74, 6) is -0.0876. The number of allylic oxidation sites excluding steroid dienone is 2. The summed E-state index contributed by atoms with van der Waals surface area (Å²) in [6.45, 7) is 4.87. The van der Waals surface area contributed by atoms with Gasteiger partial charge in [0.2, 0.25) is 5.91 Å². The molecular formula is C46H89NO5. The second-order valence-corrected chi connectivity index (χ2v) is 15.7. The van der Waals surface area contributed by atoms with Crippen LogP contribution in [0.15, 0.2) is 12.2 Å². The molecular weight excluding hydrogens is 647 g/mol. The van der Waals surface area contributed by atoms with Crippen LogP contribution in [0.25, 0.3) is 0 Å². The van der Waals surface area contributed by atoms with E-state index in [0.717, 1.165) is 57.8 Å². The zero-order valence-electron chi connectivity index (χ0n) is 34.8. The van der Waals surface area contributed by atoms with Crippen LogP contribution in [0, 0.1) is 0 Å². The number of nitrogens with one attached hydrogen (secondary N) is 1. The molecule has 3 N–H and O–H groups in total. The fourth-order valence-electron chi connectivity index (χ4n) is 6.98. The summed E-state index contributed by atoms with van der Waals surface area (Å²) < 4.78 is 5.44. The number of carbonyl (C=O) groups excluding carboxylic acids is 2. The summed E-state index contributed by atoms with van der Waals surface area (Å²) in [6, 6.07) is -0.555. The summed E-state index contributed by atoms with van der Waals surface area (Å²) in [4.78, 5) is 24.4. The van der Waals surface area contributed by atoms with Crippen molar-refractivity contribution in [2.75, 3.05) is 13.2 Å². The number of rotatable bonds is 42. The van der Waals surface area contributed by atoms with Crippen molar-refractivity contribution in [2.24, 2.45) is 0 Å². The van der Waals surface area contributed by atoms with Gasteiger partial charge in [-0.15, -0.1) is 0 Å². The number of aliphatic hydroxyl groups is 2. The molecule has 1 amide bonds. The van der Waals surface area contributed by atoms with Crippen molar-refractivity contribution < 1.29 is 24.5 Å². The van der Waals surface area contributed by atoms with Gasteiger partial charge in [0.25, 0.3) is 0 Å². The third kappa shape index (κ3) is 38.3. The molecule has 0 aromatic rings. The first kappa shape index (κ1) is 50.6. The standard InChI is InChI=1S/C46H89NO5/c1-3-5-7-9-11-13-15-16-17-18-19-24-28-32-36-40-46(51)52-41-37-33-29-25-21-20-23-27-31-35-39-45(50)47-43(42-48)44(49)38-34-30-26-22-14-12-10-8-6-4-2/h16-17,43-44,48-49H,3-15,18-42H2,1-2H3,(H,47,50)/b17-16-. The van der Waals surface area contributed by atoms with Crippen molar-refractivity contribution in [3.8, 4) is 0 Å². The minimum atomic E-state index is -0.676. The summed E-state index contributed by atoms with van der Waals surface area (Å²) in [6.07, 6.45) is 45.9. The average Bonchev–Trinajstić information content (AvgIpc) is 3.14. The third-order valence-corrected chi connectivity index (χ3v) is 10.6. The van der Waals surface area contributed by atoms with Gasteiger partial charge in [-0.1, -0.05) is 193 Å². The van der Waals surface area contributed by atoms with Crippen molar-refractivity contribution in [1.29, 1.82) is 0 Å². The van der Waals surface area contributed by atoms with E-state index in [-0.39, 0.29) is 18.5 Å². The molecule has 0 saturated carbocycles. The molecule has 0 saturated heterocycles. The van der Waals surface area contributed by atoms with E-state index in [2.05, 4.69) is 31.3 Å². The first-order chi connectivity index (χ1) is 25.5. The SMILES string of the molecule is CCCCCCCC/C=C\CCCCCCCC(=O)OCCCCCCCCCCCCC(=O)NC(CO)C(O)CCCCCCCCCCCC. The Labute approximate surface area is 323 Å². The quantitative estimate of drug-likeness (QED) is 0.0329. The molecule has 0 aliphatic rings. The molecule has 2 atom stereocenters. The van der Waals surface area contributed by atoms with Crippen LogP contribution in [-0.2, 0) is 14.3 Å². The van der Waals surface area contributed by atoms with Crippen LogP contribution in [0.3, 0.4) is 0 Å². The van der Waals surface area contributed by atoms with E-state index in [1.165, 1.54) is 154 Å². The van der Waals surface area contributed by atoms with Gasteiger partial charge in [0.15, 0.2) is 0 Å². The van der Waals surface area contributed by atoms with Crippen molar-refractivity contribution in [3.05, 3.63) is 12.2 Å². The minimum absolute atomic E-state index is 0.0273. The lowest BCUT2D eigenvalue weighted by Crippen LogP contribution is -2.45. The summed E-state index contributed by atoms with van der Waals surface area (Å²) in [7, 11) is 0. The van der Waals surface area contributed by atoms with E-state index in [1.807, 2.05) is 0 Å². The molecule has 6 nitrogen and oxygen atoms in total. The molecule has 0 aliphatic carbocycles. The molecule has 2 unspecified atom stereocenters. The van der Waals surface area contributed by atoms with Gasteiger partial charge in [-0.05, 0) is 51.4 Å². The van der Waals surface area contributed by atoms with Crippen LogP contribution in [0.4, 0.5) is 0 Å². The Kier molecular flexibility index (Phi) is 41.2. The Hall–Kier alpha value is -1.40. The van der Waals surface area contributed by atoms with Crippen LogP contribution in [0.2, 0.25) is 0 Å². The summed E-state index contributed by atoms with van der Waals surface area (Å²) in [5, 5.41) is 23.0. The van der Waals surface area contributed by atoms with Gasteiger partial charge >= 0.3 is 5.97 Å². The van der Waals surface area contributed by atoms with Crippen LogP contribution < -0.4 is 5.32 Å². The zero-order valence-corrected chi connectivity index (χ0v) is 34.8. The van der Waals surface area contributed by atoms with Crippen LogP contribution in [-0.4, -0.2) is 47.4 Å². The van der Waals surface area contributed by atoms with Gasteiger partial charge < -0.3 is 20.3 Å². The highest BCUT2D eigenvalue weighted by Crippen LogP contribution is 2.15. The lowest BCUT2D eigenvalue weighted by atomic mass is 10.0. The number of unbranched alkanes of at least 4 members (excludes halogenated alkanes) is 29. The largest absolute Gasteiger partial charge is 0.466 e. The van der Waals surface area contributed by atoms with Gasteiger partial charge in [0.05, 0.1) is 25.4 Å². The first-order valence-corrected chi connectivity index (χ1v) is 22.9. The smallest absolute Gasteiger partial charge is 0.305 e. The topological polar surface area (TPSA) is 95.9 Å². The van der Waals surface area contributed by atoms with Gasteiger partial charge in [0, 0.05) is 12.8 Å². The Balaban J connectivity index is 3.47. The highest BCUT2D eigenvalue weighted by molar-refractivity contribution is 5.76. The molecule has 0 heterocycles. The van der Waals surface area contributed by atoms with Crippen LogP contribution in [0.5, 0.6) is 0 Å². The molecule has 0 spiro atoms. The molecule has 308 valence electrons. The number of aliphatic hydroxyl groups excluding tert-OH is 2. The monoisotopic (exact) mass is 736 g/mol. The van der Waals surface area contributed by atoms with E-state index < -0.39 is 12.1 Å². The number of ether oxygens (including phenoxy) is 1. The Morgan fingerprint density at radius 3 is 1.37 bits per heavy atom. The normalized spacial score (nSPS) is 12.8. The predicted molar refractivity (Wildman–Crippen MR) is 223 cm³/mol. The van der Waals surface area contributed by atoms with Crippen molar-refractivity contribution >= 4 is 11.9 Å². The highest BCUT2D eigenvalue weighted by atomic mass is 16.5. The molecule has 0 aromatic carbocycles. The van der Waals surface area contributed by atoms with Gasteiger partial charge in [-0.25, -0.2) is 0 Å². The van der Waals surface area contributed by atoms with Gasteiger partial charge in [-0.2, -0.15) is 0 Å².